The Morgan fingerprint density at radius 1 is 1.17 bits per heavy atom. The fraction of sp³-hybridized carbons (Fsp3) is 0.688. The number of hydrogen-bond donors (Lipinski definition) is 1. The van der Waals surface area contributed by atoms with Crippen molar-refractivity contribution in [2.24, 2.45) is 0 Å². The first-order valence-electron chi connectivity index (χ1n) is 7.37. The molecule has 102 valence electrons. The summed E-state index contributed by atoms with van der Waals surface area (Å²) in [5.41, 5.74) is 2.70. The third-order valence-corrected chi connectivity index (χ3v) is 3.65. The van der Waals surface area contributed by atoms with Gasteiger partial charge in [-0.25, -0.2) is 0 Å². The quantitative estimate of drug-likeness (QED) is 0.655. The van der Waals surface area contributed by atoms with E-state index in [1.54, 1.807) is 0 Å². The number of hydrogen-bond acceptors (Lipinski definition) is 2. The molecule has 1 aromatic heterocycles. The number of aromatic nitrogens is 1. The second-order valence-electron chi connectivity index (χ2n) is 5.13. The molecular formula is C16H28N2. The van der Waals surface area contributed by atoms with E-state index < -0.39 is 0 Å². The zero-order valence-corrected chi connectivity index (χ0v) is 12.2. The van der Waals surface area contributed by atoms with Crippen molar-refractivity contribution in [3.63, 3.8) is 0 Å². The van der Waals surface area contributed by atoms with E-state index in [1.807, 2.05) is 19.4 Å². The van der Waals surface area contributed by atoms with Crippen LogP contribution in [-0.4, -0.2) is 12.0 Å². The highest BCUT2D eigenvalue weighted by Gasteiger charge is 2.10. The molecule has 18 heavy (non-hydrogen) atoms. The minimum absolute atomic E-state index is 0.463. The van der Waals surface area contributed by atoms with Crippen LogP contribution in [0.15, 0.2) is 18.5 Å². The fourth-order valence-electron chi connectivity index (χ4n) is 2.43. The molecule has 2 nitrogen and oxygen atoms in total. The number of unbranched alkanes of at least 4 members (excludes halogenated alkanes) is 5. The van der Waals surface area contributed by atoms with Crippen molar-refractivity contribution in [2.75, 3.05) is 7.05 Å². The largest absolute Gasteiger partial charge is 0.313 e. The minimum atomic E-state index is 0.463. The molecule has 1 N–H and O–H groups in total. The predicted octanol–water partition coefficient (Wildman–Crippen LogP) is 4.40. The Labute approximate surface area is 112 Å². The van der Waals surface area contributed by atoms with Gasteiger partial charge in [0, 0.05) is 18.4 Å². The maximum Gasteiger partial charge on any atom is 0.0335 e. The fourth-order valence-corrected chi connectivity index (χ4v) is 2.43. The Balaban J connectivity index is 2.32. The number of nitrogens with zero attached hydrogens (tertiary/aromatic N) is 1. The summed E-state index contributed by atoms with van der Waals surface area (Å²) in [5.74, 6) is 0. The van der Waals surface area contributed by atoms with Gasteiger partial charge in [0.2, 0.25) is 0 Å². The normalized spacial score (nSPS) is 12.6. The molecule has 0 fully saturated rings. The predicted molar refractivity (Wildman–Crippen MR) is 78.8 cm³/mol. The van der Waals surface area contributed by atoms with Gasteiger partial charge in [0.15, 0.2) is 0 Å². The molecule has 0 radical (unpaired) electrons. The molecule has 1 heterocycles. The highest BCUT2D eigenvalue weighted by atomic mass is 14.9. The summed E-state index contributed by atoms with van der Waals surface area (Å²) in [6.45, 7) is 4.44. The van der Waals surface area contributed by atoms with Crippen molar-refractivity contribution in [2.45, 2.75) is 64.8 Å². The molecule has 1 rings (SSSR count). The molecule has 1 aromatic rings. The zero-order chi connectivity index (χ0) is 13.2. The van der Waals surface area contributed by atoms with Gasteiger partial charge < -0.3 is 5.32 Å². The molecule has 0 saturated heterocycles. The Morgan fingerprint density at radius 2 is 1.89 bits per heavy atom. The Morgan fingerprint density at radius 3 is 2.56 bits per heavy atom. The van der Waals surface area contributed by atoms with Gasteiger partial charge >= 0.3 is 0 Å². The summed E-state index contributed by atoms with van der Waals surface area (Å²) in [7, 11) is 2.05. The molecule has 0 saturated carbocycles. The van der Waals surface area contributed by atoms with Crippen LogP contribution >= 0.6 is 0 Å². The average molecular weight is 248 g/mol. The van der Waals surface area contributed by atoms with E-state index in [9.17, 15) is 0 Å². The van der Waals surface area contributed by atoms with Crippen molar-refractivity contribution in [3.8, 4) is 0 Å². The minimum Gasteiger partial charge on any atom is -0.313 e. The van der Waals surface area contributed by atoms with Crippen LogP contribution in [0.1, 0.15) is 69.0 Å². The van der Waals surface area contributed by atoms with E-state index in [1.165, 1.54) is 56.1 Å². The van der Waals surface area contributed by atoms with Gasteiger partial charge in [-0.05, 0) is 37.6 Å². The Hall–Kier alpha value is -0.890. The van der Waals surface area contributed by atoms with Crippen LogP contribution in [0.3, 0.4) is 0 Å². The number of pyridine rings is 1. The first-order chi connectivity index (χ1) is 8.79. The van der Waals surface area contributed by atoms with Gasteiger partial charge in [0.1, 0.15) is 0 Å². The van der Waals surface area contributed by atoms with Crippen LogP contribution in [0.5, 0.6) is 0 Å². The van der Waals surface area contributed by atoms with Crippen LogP contribution in [0, 0.1) is 6.92 Å². The highest BCUT2D eigenvalue weighted by Crippen LogP contribution is 2.22. The van der Waals surface area contributed by atoms with Crippen LogP contribution < -0.4 is 5.32 Å². The smallest absolute Gasteiger partial charge is 0.0335 e. The van der Waals surface area contributed by atoms with Crippen molar-refractivity contribution < 1.29 is 0 Å². The molecule has 1 atom stereocenters. The Bertz CT molecular complexity index is 323. The lowest BCUT2D eigenvalue weighted by atomic mass is 9.98. The monoisotopic (exact) mass is 248 g/mol. The Kier molecular flexibility index (Phi) is 7.66. The van der Waals surface area contributed by atoms with Gasteiger partial charge in [0.25, 0.3) is 0 Å². The van der Waals surface area contributed by atoms with E-state index in [0.717, 1.165) is 0 Å². The molecule has 0 aliphatic carbocycles. The second kappa shape index (κ2) is 9.09. The van der Waals surface area contributed by atoms with Gasteiger partial charge in [-0.3, -0.25) is 4.98 Å². The van der Waals surface area contributed by atoms with E-state index in [2.05, 4.69) is 30.2 Å². The lowest BCUT2D eigenvalue weighted by Gasteiger charge is -2.18. The summed E-state index contributed by atoms with van der Waals surface area (Å²) in [5, 5.41) is 3.42. The third kappa shape index (κ3) is 5.18. The molecule has 0 spiro atoms. The molecule has 0 bridgehead atoms. The summed E-state index contributed by atoms with van der Waals surface area (Å²) in [4.78, 5) is 4.24. The standard InChI is InChI=1S/C16H28N2/c1-4-5-6-7-8-9-10-16(17-3)15-13-18-12-11-14(15)2/h11-13,16-17H,4-10H2,1-3H3. The lowest BCUT2D eigenvalue weighted by Crippen LogP contribution is -2.17. The van der Waals surface area contributed by atoms with Crippen LogP contribution in [-0.2, 0) is 0 Å². The maximum absolute atomic E-state index is 4.24. The van der Waals surface area contributed by atoms with Gasteiger partial charge in [-0.15, -0.1) is 0 Å². The average Bonchev–Trinajstić information content (AvgIpc) is 2.39. The highest BCUT2D eigenvalue weighted by molar-refractivity contribution is 5.24. The molecule has 2 heteroatoms. The van der Waals surface area contributed by atoms with Crippen molar-refractivity contribution in [1.29, 1.82) is 0 Å². The van der Waals surface area contributed by atoms with Gasteiger partial charge in [-0.1, -0.05) is 45.4 Å². The third-order valence-electron chi connectivity index (χ3n) is 3.65. The zero-order valence-electron chi connectivity index (χ0n) is 12.2. The molecule has 1 unspecified atom stereocenters. The number of aryl methyl sites for hydroxylation is 1. The van der Waals surface area contributed by atoms with E-state index in [-0.39, 0.29) is 0 Å². The van der Waals surface area contributed by atoms with Crippen LogP contribution in [0.25, 0.3) is 0 Å². The van der Waals surface area contributed by atoms with Crippen molar-refractivity contribution in [3.05, 3.63) is 29.6 Å². The van der Waals surface area contributed by atoms with E-state index in [4.69, 9.17) is 0 Å². The summed E-state index contributed by atoms with van der Waals surface area (Å²) in [6, 6.07) is 2.56. The molecular weight excluding hydrogens is 220 g/mol. The van der Waals surface area contributed by atoms with Crippen LogP contribution in [0.4, 0.5) is 0 Å². The van der Waals surface area contributed by atoms with Gasteiger partial charge in [0.05, 0.1) is 0 Å². The topological polar surface area (TPSA) is 24.9 Å². The van der Waals surface area contributed by atoms with Crippen LogP contribution in [0.2, 0.25) is 0 Å². The van der Waals surface area contributed by atoms with Gasteiger partial charge in [-0.2, -0.15) is 0 Å². The molecule has 0 aliphatic rings. The SMILES string of the molecule is CCCCCCCCC(NC)c1cnccc1C. The first-order valence-corrected chi connectivity index (χ1v) is 7.37. The molecule has 0 aliphatic heterocycles. The number of rotatable bonds is 9. The lowest BCUT2D eigenvalue weighted by molar-refractivity contribution is 0.495. The maximum atomic E-state index is 4.24. The number of nitrogens with one attached hydrogen (secondary N) is 1. The summed E-state index contributed by atoms with van der Waals surface area (Å²) < 4.78 is 0. The molecule has 0 aromatic carbocycles. The van der Waals surface area contributed by atoms with Crippen molar-refractivity contribution >= 4 is 0 Å². The van der Waals surface area contributed by atoms with E-state index in [0.29, 0.717) is 6.04 Å². The summed E-state index contributed by atoms with van der Waals surface area (Å²) in [6.07, 6.45) is 13.3. The molecule has 0 amide bonds. The first kappa shape index (κ1) is 15.2. The van der Waals surface area contributed by atoms with E-state index >= 15 is 0 Å². The second-order valence-corrected chi connectivity index (χ2v) is 5.13. The summed E-state index contributed by atoms with van der Waals surface area (Å²) >= 11 is 0. The van der Waals surface area contributed by atoms with Crippen molar-refractivity contribution in [1.82, 2.24) is 10.3 Å².